The van der Waals surface area contributed by atoms with Crippen molar-refractivity contribution in [2.75, 3.05) is 25.5 Å². The Morgan fingerprint density at radius 3 is 2.96 bits per heavy atom. The molecule has 0 spiro atoms. The number of rotatable bonds is 3. The van der Waals surface area contributed by atoms with Gasteiger partial charge in [-0.05, 0) is 67.9 Å². The summed E-state index contributed by atoms with van der Waals surface area (Å²) >= 11 is 1.54. The fourth-order valence-electron chi connectivity index (χ4n) is 3.52. The molecule has 1 aliphatic rings. The van der Waals surface area contributed by atoms with Crippen molar-refractivity contribution in [2.24, 2.45) is 0 Å². The predicted octanol–water partition coefficient (Wildman–Crippen LogP) is 3.88. The molecule has 1 saturated heterocycles. The van der Waals surface area contributed by atoms with Crippen molar-refractivity contribution in [3.63, 3.8) is 0 Å². The summed E-state index contributed by atoms with van der Waals surface area (Å²) in [5, 5.41) is 25.9. The van der Waals surface area contributed by atoms with E-state index in [2.05, 4.69) is 27.5 Å². The van der Waals surface area contributed by atoms with Crippen LogP contribution in [0.5, 0.6) is 5.75 Å². The molecule has 25 heavy (non-hydrogen) atoms. The molecule has 1 atom stereocenters. The molecule has 130 valence electrons. The van der Waals surface area contributed by atoms with Crippen LogP contribution in [0.15, 0.2) is 29.6 Å². The number of hydrogen-bond acceptors (Lipinski definition) is 6. The van der Waals surface area contributed by atoms with E-state index in [4.69, 9.17) is 0 Å². The summed E-state index contributed by atoms with van der Waals surface area (Å²) in [6, 6.07) is 8.39. The summed E-state index contributed by atoms with van der Waals surface area (Å²) in [4.78, 5) is 2.34. The van der Waals surface area contributed by atoms with E-state index in [-0.39, 0.29) is 0 Å². The molecule has 1 fully saturated rings. The van der Waals surface area contributed by atoms with Crippen LogP contribution in [-0.2, 0) is 0 Å². The summed E-state index contributed by atoms with van der Waals surface area (Å²) in [6.45, 7) is 4.20. The van der Waals surface area contributed by atoms with Crippen LogP contribution >= 0.6 is 11.3 Å². The second kappa shape index (κ2) is 6.61. The van der Waals surface area contributed by atoms with E-state index in [1.165, 1.54) is 6.42 Å². The Morgan fingerprint density at radius 1 is 1.28 bits per heavy atom. The average molecular weight is 354 g/mol. The number of likely N-dealkylation sites (N-methyl/N-ethyl adjacent to an activating group) is 1. The van der Waals surface area contributed by atoms with Crippen LogP contribution in [0.3, 0.4) is 0 Å². The number of nitrogens with one attached hydrogen (secondary N) is 1. The molecule has 1 aromatic carbocycles. The van der Waals surface area contributed by atoms with Crippen molar-refractivity contribution < 1.29 is 5.11 Å². The van der Waals surface area contributed by atoms with Crippen molar-refractivity contribution in [3.05, 3.63) is 35.2 Å². The predicted molar refractivity (Wildman–Crippen MR) is 103 cm³/mol. The van der Waals surface area contributed by atoms with Gasteiger partial charge in [0.1, 0.15) is 11.6 Å². The van der Waals surface area contributed by atoms with Crippen molar-refractivity contribution in [1.82, 2.24) is 15.1 Å². The molecule has 6 heteroatoms. The smallest absolute Gasteiger partial charge is 0.149 e. The first-order chi connectivity index (χ1) is 12.1. The fourth-order valence-corrected chi connectivity index (χ4v) is 4.37. The number of piperidine rings is 1. The maximum atomic E-state index is 10.6. The van der Waals surface area contributed by atoms with Gasteiger partial charge in [-0.2, -0.15) is 0 Å². The van der Waals surface area contributed by atoms with E-state index in [0.29, 0.717) is 11.8 Å². The van der Waals surface area contributed by atoms with Crippen LogP contribution in [0.1, 0.15) is 18.4 Å². The highest BCUT2D eigenvalue weighted by Crippen LogP contribution is 2.38. The number of likely N-dealkylation sites (tertiary alicyclic amines) is 1. The third kappa shape index (κ3) is 3.19. The minimum Gasteiger partial charge on any atom is -0.506 e. The van der Waals surface area contributed by atoms with Gasteiger partial charge in [0, 0.05) is 18.2 Å². The van der Waals surface area contributed by atoms with Gasteiger partial charge in [-0.1, -0.05) is 6.07 Å². The number of phenols is 1. The second-order valence-electron chi connectivity index (χ2n) is 6.81. The van der Waals surface area contributed by atoms with Crippen molar-refractivity contribution in [2.45, 2.75) is 25.8 Å². The Morgan fingerprint density at radius 2 is 2.16 bits per heavy atom. The minimum absolute atomic E-state index is 0.291. The van der Waals surface area contributed by atoms with E-state index in [9.17, 15) is 5.11 Å². The number of benzene rings is 1. The van der Waals surface area contributed by atoms with Crippen LogP contribution in [0.4, 0.5) is 5.82 Å². The van der Waals surface area contributed by atoms with E-state index < -0.39 is 0 Å². The number of aromatic nitrogens is 2. The summed E-state index contributed by atoms with van der Waals surface area (Å²) in [6.07, 6.45) is 2.36. The number of hydrogen-bond donors (Lipinski definition) is 2. The van der Waals surface area contributed by atoms with E-state index in [1.807, 2.05) is 36.6 Å². The van der Waals surface area contributed by atoms with Gasteiger partial charge in [0.15, 0.2) is 0 Å². The van der Waals surface area contributed by atoms with Crippen LogP contribution in [0.2, 0.25) is 0 Å². The van der Waals surface area contributed by atoms with Crippen molar-refractivity contribution >= 4 is 27.2 Å². The van der Waals surface area contributed by atoms with Gasteiger partial charge in [-0.3, -0.25) is 0 Å². The minimum atomic E-state index is 0.291. The Bertz CT molecular complexity index is 908. The first kappa shape index (κ1) is 16.3. The summed E-state index contributed by atoms with van der Waals surface area (Å²) < 4.78 is 0.895. The highest BCUT2D eigenvalue weighted by Gasteiger charge is 2.18. The first-order valence-corrected chi connectivity index (χ1v) is 9.49. The van der Waals surface area contributed by atoms with Crippen molar-refractivity contribution in [1.29, 1.82) is 0 Å². The van der Waals surface area contributed by atoms with Crippen LogP contribution in [0.25, 0.3) is 21.3 Å². The molecule has 0 bridgehead atoms. The number of aromatic hydroxyl groups is 1. The molecule has 0 radical (unpaired) electrons. The van der Waals surface area contributed by atoms with Gasteiger partial charge in [0.05, 0.1) is 10.4 Å². The highest BCUT2D eigenvalue weighted by molar-refractivity contribution is 7.17. The third-order valence-corrected chi connectivity index (χ3v) is 5.75. The molecule has 3 heterocycles. The van der Waals surface area contributed by atoms with E-state index >= 15 is 0 Å². The van der Waals surface area contributed by atoms with Gasteiger partial charge >= 0.3 is 0 Å². The number of anilines is 1. The maximum Gasteiger partial charge on any atom is 0.149 e. The fraction of sp³-hybridized carbons (Fsp3) is 0.368. The molecule has 2 N–H and O–H groups in total. The number of aryl methyl sites for hydroxylation is 1. The molecule has 0 saturated carbocycles. The lowest BCUT2D eigenvalue weighted by molar-refractivity contribution is 0.260. The van der Waals surface area contributed by atoms with E-state index in [1.54, 1.807) is 11.3 Å². The lowest BCUT2D eigenvalue weighted by Crippen LogP contribution is -2.39. The topological polar surface area (TPSA) is 61.3 Å². The third-order valence-electron chi connectivity index (χ3n) is 4.81. The Labute approximate surface area is 151 Å². The Kier molecular flexibility index (Phi) is 4.31. The molecule has 1 aliphatic heterocycles. The zero-order valence-electron chi connectivity index (χ0n) is 14.5. The molecule has 0 aliphatic carbocycles. The monoisotopic (exact) mass is 354 g/mol. The zero-order valence-corrected chi connectivity index (χ0v) is 15.3. The largest absolute Gasteiger partial charge is 0.506 e. The van der Waals surface area contributed by atoms with Crippen LogP contribution < -0.4 is 5.32 Å². The molecule has 3 aromatic rings. The lowest BCUT2D eigenvalue weighted by Gasteiger charge is -2.30. The normalized spacial score (nSPS) is 18.6. The first-order valence-electron chi connectivity index (χ1n) is 8.61. The quantitative estimate of drug-likeness (QED) is 0.747. The zero-order chi connectivity index (χ0) is 17.4. The van der Waals surface area contributed by atoms with Crippen molar-refractivity contribution in [3.8, 4) is 17.0 Å². The molecular formula is C19H22N4OS. The average Bonchev–Trinajstić information content (AvgIpc) is 3.06. The lowest BCUT2D eigenvalue weighted by atomic mass is 10.0. The summed E-state index contributed by atoms with van der Waals surface area (Å²) in [5.41, 5.74) is 2.48. The standard InChI is InChI=1S/C19H22N4OS/c1-12-10-16(20-14-4-3-8-23(2)11-14)21-22-17(12)15-6-5-13-7-9-25-19(13)18(15)24/h5-7,9-10,14,24H,3-4,8,11H2,1-2H3,(H,20,21). The number of thiophene rings is 1. The van der Waals surface area contributed by atoms with E-state index in [0.717, 1.165) is 52.2 Å². The number of phenolic OH excluding ortho intramolecular Hbond substituents is 1. The number of fused-ring (bicyclic) bond motifs is 1. The highest BCUT2D eigenvalue weighted by atomic mass is 32.1. The van der Waals surface area contributed by atoms with Gasteiger partial charge < -0.3 is 15.3 Å². The van der Waals surface area contributed by atoms with Gasteiger partial charge in [0.2, 0.25) is 0 Å². The molecule has 4 rings (SSSR count). The van der Waals surface area contributed by atoms with Gasteiger partial charge in [-0.25, -0.2) is 0 Å². The Balaban J connectivity index is 1.61. The molecule has 0 amide bonds. The summed E-state index contributed by atoms with van der Waals surface area (Å²) in [5.74, 6) is 1.10. The van der Waals surface area contributed by atoms with Crippen LogP contribution in [-0.4, -0.2) is 46.4 Å². The molecule has 1 unspecified atom stereocenters. The second-order valence-corrected chi connectivity index (χ2v) is 7.72. The SMILES string of the molecule is Cc1cc(NC2CCCN(C)C2)nnc1-c1ccc2ccsc2c1O. The number of nitrogens with zero attached hydrogens (tertiary/aromatic N) is 3. The maximum absolute atomic E-state index is 10.6. The molecule has 5 nitrogen and oxygen atoms in total. The van der Waals surface area contributed by atoms with Gasteiger partial charge in [0.25, 0.3) is 0 Å². The Hall–Kier alpha value is -2.18. The molecule has 2 aromatic heterocycles. The van der Waals surface area contributed by atoms with Crippen LogP contribution in [0, 0.1) is 6.92 Å². The van der Waals surface area contributed by atoms with Gasteiger partial charge in [-0.15, -0.1) is 21.5 Å². The molecular weight excluding hydrogens is 332 g/mol. The summed E-state index contributed by atoms with van der Waals surface area (Å²) in [7, 11) is 2.15.